The van der Waals surface area contributed by atoms with E-state index in [0.29, 0.717) is 23.5 Å². The second kappa shape index (κ2) is 8.81. The Balaban J connectivity index is 2.88. The van der Waals surface area contributed by atoms with E-state index in [1.165, 1.54) is 0 Å². The summed E-state index contributed by atoms with van der Waals surface area (Å²) < 4.78 is 10.6. The first-order chi connectivity index (χ1) is 11.6. The Morgan fingerprint density at radius 2 is 2.00 bits per heavy atom. The predicted molar refractivity (Wildman–Crippen MR) is 97.7 cm³/mol. The number of carbonyl (C=O) groups excluding carboxylic acids is 2. The van der Waals surface area contributed by atoms with Crippen molar-refractivity contribution in [3.63, 3.8) is 0 Å². The van der Waals surface area contributed by atoms with Gasteiger partial charge in [-0.05, 0) is 53.0 Å². The van der Waals surface area contributed by atoms with Crippen LogP contribution in [-0.2, 0) is 9.53 Å². The number of furan rings is 1. The van der Waals surface area contributed by atoms with Crippen molar-refractivity contribution in [3.8, 4) is 6.07 Å². The summed E-state index contributed by atoms with van der Waals surface area (Å²) in [5.74, 6) is 0.885. The van der Waals surface area contributed by atoms with E-state index in [4.69, 9.17) is 9.15 Å². The highest BCUT2D eigenvalue weighted by Gasteiger charge is 2.26. The van der Waals surface area contributed by atoms with Crippen LogP contribution in [0.2, 0.25) is 0 Å². The first-order valence-corrected chi connectivity index (χ1v) is 9.27. The third kappa shape index (κ3) is 6.35. The van der Waals surface area contributed by atoms with E-state index in [2.05, 4.69) is 10.6 Å². The Bertz CT molecular complexity index is 671. The molecule has 1 aromatic rings. The van der Waals surface area contributed by atoms with Crippen LogP contribution in [0, 0.1) is 25.2 Å². The van der Waals surface area contributed by atoms with Crippen LogP contribution in [0.15, 0.2) is 4.42 Å². The quantitative estimate of drug-likeness (QED) is 0.799. The molecule has 0 saturated heterocycles. The molecule has 1 aromatic heterocycles. The van der Waals surface area contributed by atoms with Gasteiger partial charge in [0.1, 0.15) is 29.0 Å². The van der Waals surface area contributed by atoms with Gasteiger partial charge >= 0.3 is 6.09 Å². The maximum atomic E-state index is 12.5. The average Bonchev–Trinajstić information content (AvgIpc) is 2.75. The molecule has 8 heteroatoms. The summed E-state index contributed by atoms with van der Waals surface area (Å²) in [6.45, 7) is 8.71. The highest BCUT2D eigenvalue weighted by molar-refractivity contribution is 7.98. The molecule has 0 saturated carbocycles. The van der Waals surface area contributed by atoms with Gasteiger partial charge in [0, 0.05) is 5.56 Å². The molecule has 1 heterocycles. The zero-order valence-corrected chi connectivity index (χ0v) is 16.3. The molecule has 0 bridgehead atoms. The minimum Gasteiger partial charge on any atom is -0.444 e. The molecule has 7 nitrogen and oxygen atoms in total. The second-order valence-corrected chi connectivity index (χ2v) is 7.55. The summed E-state index contributed by atoms with van der Waals surface area (Å²) in [5, 5.41) is 14.4. The minimum atomic E-state index is -0.792. The van der Waals surface area contributed by atoms with E-state index in [-0.39, 0.29) is 11.4 Å². The highest BCUT2D eigenvalue weighted by Crippen LogP contribution is 2.25. The molecule has 1 atom stereocenters. The Labute approximate surface area is 152 Å². The summed E-state index contributed by atoms with van der Waals surface area (Å²) in [7, 11) is 0. The molecular formula is C17H25N3O4S. The van der Waals surface area contributed by atoms with Gasteiger partial charge < -0.3 is 14.5 Å². The normalized spacial score (nSPS) is 12.2. The number of nitrogens with zero attached hydrogens (tertiary/aromatic N) is 1. The van der Waals surface area contributed by atoms with Gasteiger partial charge in [-0.25, -0.2) is 4.79 Å². The van der Waals surface area contributed by atoms with Crippen molar-refractivity contribution in [3.05, 3.63) is 16.9 Å². The van der Waals surface area contributed by atoms with Crippen molar-refractivity contribution in [2.24, 2.45) is 0 Å². The van der Waals surface area contributed by atoms with E-state index in [1.807, 2.05) is 12.3 Å². The summed E-state index contributed by atoms with van der Waals surface area (Å²) in [6, 6.07) is 1.23. The average molecular weight is 367 g/mol. The standard InChI is InChI=1S/C17H25N3O4S/c1-10-11(2)23-15(12(10)9-18)20-14(21)13(7-8-25-6)19-16(22)24-17(3,4)5/h13H,7-8H2,1-6H3,(H,19,22)(H,20,21). The molecule has 138 valence electrons. The molecule has 25 heavy (non-hydrogen) atoms. The van der Waals surface area contributed by atoms with Crippen molar-refractivity contribution in [2.45, 2.75) is 52.7 Å². The van der Waals surface area contributed by atoms with E-state index in [1.54, 1.807) is 46.4 Å². The van der Waals surface area contributed by atoms with Gasteiger partial charge in [0.05, 0.1) is 0 Å². The number of aryl methyl sites for hydroxylation is 1. The number of thioether (sulfide) groups is 1. The lowest BCUT2D eigenvalue weighted by Crippen LogP contribution is -2.46. The van der Waals surface area contributed by atoms with Gasteiger partial charge in [-0.1, -0.05) is 0 Å². The maximum Gasteiger partial charge on any atom is 0.408 e. The SMILES string of the molecule is CSCCC(NC(=O)OC(C)(C)C)C(=O)Nc1oc(C)c(C)c1C#N. The van der Waals surface area contributed by atoms with Crippen molar-refractivity contribution in [2.75, 3.05) is 17.3 Å². The van der Waals surface area contributed by atoms with Crippen LogP contribution in [0.3, 0.4) is 0 Å². The Morgan fingerprint density at radius 1 is 1.36 bits per heavy atom. The molecule has 1 rings (SSSR count). The Kier molecular flexibility index (Phi) is 7.37. The molecule has 1 unspecified atom stereocenters. The van der Waals surface area contributed by atoms with Crippen molar-refractivity contribution in [1.29, 1.82) is 5.26 Å². The number of alkyl carbamates (subject to hydrolysis) is 1. The zero-order chi connectivity index (χ0) is 19.2. The minimum absolute atomic E-state index is 0.0997. The molecule has 0 aliphatic carbocycles. The summed E-state index contributed by atoms with van der Waals surface area (Å²) in [6.07, 6.45) is 1.67. The van der Waals surface area contributed by atoms with Crippen molar-refractivity contribution >= 4 is 29.6 Å². The van der Waals surface area contributed by atoms with Crippen LogP contribution >= 0.6 is 11.8 Å². The van der Waals surface area contributed by atoms with E-state index < -0.39 is 23.6 Å². The zero-order valence-electron chi connectivity index (χ0n) is 15.5. The molecule has 0 aliphatic heterocycles. The molecular weight excluding hydrogens is 342 g/mol. The Hall–Kier alpha value is -2.14. The number of amides is 2. The number of rotatable bonds is 6. The largest absolute Gasteiger partial charge is 0.444 e. The molecule has 0 radical (unpaired) electrons. The second-order valence-electron chi connectivity index (χ2n) is 6.57. The van der Waals surface area contributed by atoms with Crippen molar-refractivity contribution < 1.29 is 18.7 Å². The molecule has 0 aliphatic rings. The van der Waals surface area contributed by atoms with Gasteiger partial charge in [-0.15, -0.1) is 0 Å². The third-order valence-corrected chi connectivity index (χ3v) is 4.00. The van der Waals surface area contributed by atoms with Crippen LogP contribution in [0.5, 0.6) is 0 Å². The summed E-state index contributed by atoms with van der Waals surface area (Å²) >= 11 is 1.56. The number of carbonyl (C=O) groups is 2. The fourth-order valence-electron chi connectivity index (χ4n) is 2.00. The predicted octanol–water partition coefficient (Wildman–Crippen LogP) is 3.35. The van der Waals surface area contributed by atoms with Crippen LogP contribution in [0.1, 0.15) is 44.1 Å². The van der Waals surface area contributed by atoms with E-state index in [9.17, 15) is 14.9 Å². The molecule has 0 aromatic carbocycles. The summed E-state index contributed by atoms with van der Waals surface area (Å²) in [5.41, 5.74) is 0.304. The fraction of sp³-hybridized carbons (Fsp3) is 0.588. The van der Waals surface area contributed by atoms with Crippen LogP contribution < -0.4 is 10.6 Å². The third-order valence-electron chi connectivity index (χ3n) is 3.35. The molecule has 2 N–H and O–H groups in total. The topological polar surface area (TPSA) is 104 Å². The number of anilines is 1. The first-order valence-electron chi connectivity index (χ1n) is 7.88. The monoisotopic (exact) mass is 367 g/mol. The van der Waals surface area contributed by atoms with Gasteiger partial charge in [-0.2, -0.15) is 17.0 Å². The van der Waals surface area contributed by atoms with Gasteiger partial charge in [0.25, 0.3) is 0 Å². The Morgan fingerprint density at radius 3 is 2.52 bits per heavy atom. The van der Waals surface area contributed by atoms with Gasteiger partial charge in [0.15, 0.2) is 0 Å². The van der Waals surface area contributed by atoms with E-state index in [0.717, 1.165) is 0 Å². The fourth-order valence-corrected chi connectivity index (χ4v) is 2.47. The van der Waals surface area contributed by atoms with Gasteiger partial charge in [-0.3, -0.25) is 10.1 Å². The number of ether oxygens (including phenoxy) is 1. The number of hydrogen-bond acceptors (Lipinski definition) is 6. The number of hydrogen-bond donors (Lipinski definition) is 2. The van der Waals surface area contributed by atoms with Gasteiger partial charge in [0.2, 0.25) is 11.8 Å². The van der Waals surface area contributed by atoms with E-state index >= 15 is 0 Å². The van der Waals surface area contributed by atoms with Crippen LogP contribution in [0.25, 0.3) is 0 Å². The summed E-state index contributed by atoms with van der Waals surface area (Å²) in [4.78, 5) is 24.5. The lowest BCUT2D eigenvalue weighted by atomic mass is 10.1. The van der Waals surface area contributed by atoms with Crippen molar-refractivity contribution in [1.82, 2.24) is 5.32 Å². The maximum absolute atomic E-state index is 12.5. The number of nitrogens with one attached hydrogen (secondary N) is 2. The number of nitriles is 1. The van der Waals surface area contributed by atoms with Crippen LogP contribution in [-0.4, -0.2) is 35.7 Å². The smallest absolute Gasteiger partial charge is 0.408 e. The van der Waals surface area contributed by atoms with Crippen LogP contribution in [0.4, 0.5) is 10.7 Å². The molecule has 2 amide bonds. The lowest BCUT2D eigenvalue weighted by molar-refractivity contribution is -0.118. The molecule has 0 spiro atoms. The first kappa shape index (κ1) is 20.9. The highest BCUT2D eigenvalue weighted by atomic mass is 32.2. The lowest BCUT2D eigenvalue weighted by Gasteiger charge is -2.23. The molecule has 0 fully saturated rings.